The van der Waals surface area contributed by atoms with Crippen LogP contribution in [0.3, 0.4) is 0 Å². The number of halogens is 2. The lowest BCUT2D eigenvalue weighted by Gasteiger charge is -2.14. The molecule has 0 aromatic heterocycles. The Kier molecular flexibility index (Phi) is 4.43. The summed E-state index contributed by atoms with van der Waals surface area (Å²) < 4.78 is 30.4. The normalized spacial score (nSPS) is 11.1. The zero-order valence-electron chi connectivity index (χ0n) is 9.74. The Morgan fingerprint density at radius 2 is 2.17 bits per heavy atom. The Morgan fingerprint density at radius 3 is 2.72 bits per heavy atom. The van der Waals surface area contributed by atoms with Crippen LogP contribution >= 0.6 is 0 Å². The maximum Gasteiger partial charge on any atom is 0.287 e. The van der Waals surface area contributed by atoms with Crippen molar-refractivity contribution in [2.45, 2.75) is 5.92 Å². The number of ether oxygens (including phenoxy) is 1. The Balaban J connectivity index is 2.75. The van der Waals surface area contributed by atoms with Crippen molar-refractivity contribution in [3.05, 3.63) is 23.8 Å². The number of aliphatic hydroxyl groups excluding tert-OH is 1. The standard InChI is InChI=1S/C11H14F2N2O3/c1-18-9-3-7(2-8(14)4-9)10(17)15-5-11(12,13)6-16/h2-4,16H,5-6,14H2,1H3,(H,15,17). The molecule has 0 saturated heterocycles. The van der Waals surface area contributed by atoms with Gasteiger partial charge in [0.05, 0.1) is 13.7 Å². The van der Waals surface area contributed by atoms with Gasteiger partial charge in [-0.05, 0) is 12.1 Å². The first-order chi connectivity index (χ1) is 8.38. The van der Waals surface area contributed by atoms with E-state index in [4.69, 9.17) is 15.6 Å². The van der Waals surface area contributed by atoms with Crippen molar-refractivity contribution in [3.8, 4) is 5.75 Å². The van der Waals surface area contributed by atoms with Crippen molar-refractivity contribution in [2.75, 3.05) is 26.0 Å². The summed E-state index contributed by atoms with van der Waals surface area (Å²) >= 11 is 0. The van der Waals surface area contributed by atoms with Crippen LogP contribution in [0.15, 0.2) is 18.2 Å². The average molecular weight is 260 g/mol. The summed E-state index contributed by atoms with van der Waals surface area (Å²) in [5.74, 6) is -3.71. The van der Waals surface area contributed by atoms with Crippen LogP contribution in [0.4, 0.5) is 14.5 Å². The van der Waals surface area contributed by atoms with E-state index in [1.807, 2.05) is 5.32 Å². The fourth-order valence-corrected chi connectivity index (χ4v) is 1.24. The molecule has 0 aliphatic carbocycles. The van der Waals surface area contributed by atoms with Crippen molar-refractivity contribution in [1.29, 1.82) is 0 Å². The van der Waals surface area contributed by atoms with Gasteiger partial charge in [-0.3, -0.25) is 4.79 Å². The molecule has 1 amide bonds. The predicted molar refractivity (Wildman–Crippen MR) is 61.8 cm³/mol. The van der Waals surface area contributed by atoms with Gasteiger partial charge in [-0.1, -0.05) is 0 Å². The van der Waals surface area contributed by atoms with Gasteiger partial charge in [-0.25, -0.2) is 8.78 Å². The lowest BCUT2D eigenvalue weighted by Crippen LogP contribution is -2.39. The molecule has 7 heteroatoms. The maximum atomic E-state index is 12.7. The molecule has 0 spiro atoms. The summed E-state index contributed by atoms with van der Waals surface area (Å²) in [5, 5.41) is 10.4. The first-order valence-corrected chi connectivity index (χ1v) is 5.09. The summed E-state index contributed by atoms with van der Waals surface area (Å²) in [6.07, 6.45) is 0. The number of hydrogen-bond donors (Lipinski definition) is 3. The number of alkyl halides is 2. The number of carbonyl (C=O) groups is 1. The molecule has 1 aromatic carbocycles. The number of hydrogen-bond acceptors (Lipinski definition) is 4. The lowest BCUT2D eigenvalue weighted by molar-refractivity contribution is -0.0462. The van der Waals surface area contributed by atoms with E-state index >= 15 is 0 Å². The van der Waals surface area contributed by atoms with E-state index < -0.39 is 25.0 Å². The highest BCUT2D eigenvalue weighted by atomic mass is 19.3. The second-order valence-corrected chi connectivity index (χ2v) is 3.69. The quantitative estimate of drug-likeness (QED) is 0.678. The fraction of sp³-hybridized carbons (Fsp3) is 0.364. The van der Waals surface area contributed by atoms with Crippen LogP contribution in [0.25, 0.3) is 0 Å². The van der Waals surface area contributed by atoms with Gasteiger partial charge < -0.3 is 20.9 Å². The SMILES string of the molecule is COc1cc(N)cc(C(=O)NCC(F)(F)CO)c1. The first kappa shape index (κ1) is 14.2. The van der Waals surface area contributed by atoms with Gasteiger partial charge in [0.2, 0.25) is 0 Å². The minimum absolute atomic E-state index is 0.112. The third kappa shape index (κ3) is 3.85. The highest BCUT2D eigenvalue weighted by Gasteiger charge is 2.28. The van der Waals surface area contributed by atoms with Gasteiger partial charge in [-0.2, -0.15) is 0 Å². The van der Waals surface area contributed by atoms with E-state index in [-0.39, 0.29) is 11.3 Å². The third-order valence-corrected chi connectivity index (χ3v) is 2.17. The van der Waals surface area contributed by atoms with Crippen molar-refractivity contribution < 1.29 is 23.4 Å². The van der Waals surface area contributed by atoms with Crippen LogP contribution in [-0.2, 0) is 0 Å². The van der Waals surface area contributed by atoms with Crippen LogP contribution in [0.1, 0.15) is 10.4 Å². The summed E-state index contributed by atoms with van der Waals surface area (Å²) in [5.41, 5.74) is 5.93. The number of carbonyl (C=O) groups excluding carboxylic acids is 1. The van der Waals surface area contributed by atoms with Gasteiger partial charge in [0.15, 0.2) is 0 Å². The van der Waals surface area contributed by atoms with E-state index in [0.29, 0.717) is 5.75 Å². The number of amides is 1. The molecule has 0 saturated carbocycles. The number of benzene rings is 1. The van der Waals surface area contributed by atoms with Crippen LogP contribution in [0, 0.1) is 0 Å². The number of aliphatic hydroxyl groups is 1. The molecule has 0 heterocycles. The van der Waals surface area contributed by atoms with Gasteiger partial charge in [0.25, 0.3) is 11.8 Å². The van der Waals surface area contributed by atoms with Gasteiger partial charge in [0.1, 0.15) is 12.4 Å². The van der Waals surface area contributed by atoms with Crippen molar-refractivity contribution in [3.63, 3.8) is 0 Å². The van der Waals surface area contributed by atoms with E-state index in [1.165, 1.54) is 25.3 Å². The molecule has 0 unspecified atom stereocenters. The average Bonchev–Trinajstić information content (AvgIpc) is 2.35. The molecule has 18 heavy (non-hydrogen) atoms. The molecule has 4 N–H and O–H groups in total. The lowest BCUT2D eigenvalue weighted by atomic mass is 10.1. The minimum atomic E-state index is -3.35. The Bertz CT molecular complexity index is 438. The topological polar surface area (TPSA) is 84.6 Å². The molecule has 100 valence electrons. The summed E-state index contributed by atoms with van der Waals surface area (Å²) in [4.78, 5) is 11.6. The molecular weight excluding hydrogens is 246 g/mol. The van der Waals surface area contributed by atoms with Gasteiger partial charge in [0, 0.05) is 17.3 Å². The zero-order chi connectivity index (χ0) is 13.8. The number of nitrogens with one attached hydrogen (secondary N) is 1. The molecule has 1 aromatic rings. The van der Waals surface area contributed by atoms with Gasteiger partial charge >= 0.3 is 0 Å². The maximum absolute atomic E-state index is 12.7. The predicted octanol–water partition coefficient (Wildman–Crippen LogP) is 0.635. The molecule has 0 bridgehead atoms. The van der Waals surface area contributed by atoms with Crippen LogP contribution in [0.5, 0.6) is 5.75 Å². The van der Waals surface area contributed by atoms with Crippen LogP contribution < -0.4 is 15.8 Å². The highest BCUT2D eigenvalue weighted by molar-refractivity contribution is 5.95. The smallest absolute Gasteiger partial charge is 0.287 e. The van der Waals surface area contributed by atoms with E-state index in [9.17, 15) is 13.6 Å². The zero-order valence-corrected chi connectivity index (χ0v) is 9.74. The number of nitrogens with two attached hydrogens (primary N) is 1. The Morgan fingerprint density at radius 1 is 1.50 bits per heavy atom. The van der Waals surface area contributed by atoms with E-state index in [2.05, 4.69) is 0 Å². The highest BCUT2D eigenvalue weighted by Crippen LogP contribution is 2.18. The molecule has 1 rings (SSSR count). The number of methoxy groups -OCH3 is 1. The second-order valence-electron chi connectivity index (χ2n) is 3.69. The Hall–Kier alpha value is -1.89. The molecule has 5 nitrogen and oxygen atoms in total. The first-order valence-electron chi connectivity index (χ1n) is 5.09. The minimum Gasteiger partial charge on any atom is -0.497 e. The van der Waals surface area contributed by atoms with Crippen LogP contribution in [0.2, 0.25) is 0 Å². The van der Waals surface area contributed by atoms with Crippen molar-refractivity contribution in [1.82, 2.24) is 5.32 Å². The van der Waals surface area contributed by atoms with Crippen LogP contribution in [-0.4, -0.2) is 37.2 Å². The number of anilines is 1. The third-order valence-electron chi connectivity index (χ3n) is 2.17. The van der Waals surface area contributed by atoms with E-state index in [0.717, 1.165) is 0 Å². The summed E-state index contributed by atoms with van der Waals surface area (Å²) in [6.45, 7) is -2.27. The summed E-state index contributed by atoms with van der Waals surface area (Å²) in [7, 11) is 1.40. The van der Waals surface area contributed by atoms with E-state index in [1.54, 1.807) is 0 Å². The molecular formula is C11H14F2N2O3. The fourth-order valence-electron chi connectivity index (χ4n) is 1.24. The van der Waals surface area contributed by atoms with Crippen molar-refractivity contribution >= 4 is 11.6 Å². The van der Waals surface area contributed by atoms with Gasteiger partial charge in [-0.15, -0.1) is 0 Å². The number of rotatable bonds is 5. The van der Waals surface area contributed by atoms with Crippen molar-refractivity contribution in [2.24, 2.45) is 0 Å². The second kappa shape index (κ2) is 5.63. The summed E-state index contributed by atoms with van der Waals surface area (Å²) in [6, 6.07) is 4.22. The Labute approximate surface area is 103 Å². The molecule has 0 radical (unpaired) electrons. The molecule has 0 aliphatic rings. The monoisotopic (exact) mass is 260 g/mol. The molecule has 0 fully saturated rings. The number of nitrogen functional groups attached to an aromatic ring is 1. The molecule has 0 aliphatic heterocycles. The largest absolute Gasteiger partial charge is 0.497 e. The molecule has 0 atom stereocenters.